The zero-order valence-corrected chi connectivity index (χ0v) is 10.4. The van der Waals surface area contributed by atoms with E-state index in [0.717, 1.165) is 13.1 Å². The zero-order valence-electron chi connectivity index (χ0n) is 8.79. The summed E-state index contributed by atoms with van der Waals surface area (Å²) in [5.74, 6) is 2.55. The van der Waals surface area contributed by atoms with E-state index in [1.807, 2.05) is 23.1 Å². The molecule has 80 valence electrons. The van der Waals surface area contributed by atoms with Gasteiger partial charge in [-0.3, -0.25) is 0 Å². The molecule has 0 unspecified atom stereocenters. The third kappa shape index (κ3) is 5.68. The molecule has 14 heavy (non-hydrogen) atoms. The van der Waals surface area contributed by atoms with Gasteiger partial charge in [0, 0.05) is 17.2 Å². The van der Waals surface area contributed by atoms with Gasteiger partial charge in [-0.25, -0.2) is 0 Å². The lowest BCUT2D eigenvalue weighted by Gasteiger charge is -2.02. The Labute approximate surface area is 95.3 Å². The fourth-order valence-electron chi connectivity index (χ4n) is 1.18. The molecule has 0 spiro atoms. The summed E-state index contributed by atoms with van der Waals surface area (Å²) < 4.78 is 0. The number of nitrogens with one attached hydrogen (secondary N) is 1. The van der Waals surface area contributed by atoms with Crippen molar-refractivity contribution in [1.29, 1.82) is 0 Å². The van der Waals surface area contributed by atoms with Crippen molar-refractivity contribution >= 4 is 23.1 Å². The maximum atomic E-state index is 3.47. The van der Waals surface area contributed by atoms with Gasteiger partial charge in [0.15, 0.2) is 0 Å². The van der Waals surface area contributed by atoms with Crippen LogP contribution in [0.2, 0.25) is 0 Å². The fourth-order valence-corrected chi connectivity index (χ4v) is 2.67. The third-order valence-electron chi connectivity index (χ3n) is 1.90. The van der Waals surface area contributed by atoms with Crippen LogP contribution in [0.25, 0.3) is 0 Å². The van der Waals surface area contributed by atoms with Gasteiger partial charge in [0.1, 0.15) is 0 Å². The molecule has 1 N–H and O–H groups in total. The first kappa shape index (κ1) is 12.1. The Morgan fingerprint density at radius 1 is 1.36 bits per heavy atom. The highest BCUT2D eigenvalue weighted by molar-refractivity contribution is 7.99. The predicted molar refractivity (Wildman–Crippen MR) is 68.5 cm³/mol. The molecule has 0 amide bonds. The van der Waals surface area contributed by atoms with Crippen molar-refractivity contribution in [1.82, 2.24) is 5.32 Å². The molecule has 0 bridgehead atoms. The predicted octanol–water partition coefficient (Wildman–Crippen LogP) is 3.02. The van der Waals surface area contributed by atoms with E-state index >= 15 is 0 Å². The molecule has 1 aromatic heterocycles. The van der Waals surface area contributed by atoms with E-state index in [9.17, 15) is 0 Å². The number of thiophene rings is 1. The van der Waals surface area contributed by atoms with Gasteiger partial charge >= 0.3 is 0 Å². The molecular weight excluding hydrogens is 210 g/mol. The molecule has 0 aliphatic heterocycles. The van der Waals surface area contributed by atoms with Crippen molar-refractivity contribution in [2.45, 2.75) is 19.8 Å². The van der Waals surface area contributed by atoms with Gasteiger partial charge in [-0.1, -0.05) is 13.0 Å². The minimum absolute atomic E-state index is 1.12. The molecule has 1 heterocycles. The van der Waals surface area contributed by atoms with Crippen molar-refractivity contribution in [2.75, 3.05) is 24.6 Å². The van der Waals surface area contributed by atoms with Gasteiger partial charge in [-0.15, -0.1) is 11.3 Å². The molecule has 1 nitrogen and oxygen atoms in total. The summed E-state index contributed by atoms with van der Waals surface area (Å²) in [7, 11) is 0. The van der Waals surface area contributed by atoms with Gasteiger partial charge in [0.25, 0.3) is 0 Å². The number of hydrogen-bond acceptors (Lipinski definition) is 3. The molecule has 1 rings (SSSR count). The smallest absolute Gasteiger partial charge is 0.00581 e. The van der Waals surface area contributed by atoms with Crippen molar-refractivity contribution in [3.63, 3.8) is 0 Å². The molecule has 1 aromatic rings. The fraction of sp³-hybridized carbons (Fsp3) is 0.636. The minimum atomic E-state index is 1.12. The highest BCUT2D eigenvalue weighted by Gasteiger charge is 1.92. The number of hydrogen-bond donors (Lipinski definition) is 1. The summed E-state index contributed by atoms with van der Waals surface area (Å²) in [5, 5.41) is 5.61. The van der Waals surface area contributed by atoms with E-state index in [1.54, 1.807) is 0 Å². The Bertz CT molecular complexity index is 209. The molecule has 0 saturated carbocycles. The molecule has 0 aromatic carbocycles. The number of thioether (sulfide) groups is 1. The molecule has 0 fully saturated rings. The van der Waals surface area contributed by atoms with Gasteiger partial charge in [-0.2, -0.15) is 11.8 Å². The van der Waals surface area contributed by atoms with Gasteiger partial charge < -0.3 is 5.32 Å². The molecule has 0 aliphatic rings. The van der Waals surface area contributed by atoms with E-state index in [-0.39, 0.29) is 0 Å². The highest BCUT2D eigenvalue weighted by atomic mass is 32.2. The second-order valence-electron chi connectivity index (χ2n) is 3.19. The Balaban J connectivity index is 1.85. The quantitative estimate of drug-likeness (QED) is 0.688. The minimum Gasteiger partial charge on any atom is -0.316 e. The summed E-state index contributed by atoms with van der Waals surface area (Å²) in [6, 6.07) is 4.33. The second-order valence-corrected chi connectivity index (χ2v) is 5.45. The van der Waals surface area contributed by atoms with E-state index < -0.39 is 0 Å². The monoisotopic (exact) mass is 229 g/mol. The average Bonchev–Trinajstić information content (AvgIpc) is 2.69. The molecule has 0 saturated heterocycles. The molecule has 0 radical (unpaired) electrons. The summed E-state index contributed by atoms with van der Waals surface area (Å²) >= 11 is 3.89. The normalized spacial score (nSPS) is 10.6. The first-order chi connectivity index (χ1) is 6.93. The second kappa shape index (κ2) is 8.33. The van der Waals surface area contributed by atoms with Crippen LogP contribution in [0.5, 0.6) is 0 Å². The molecule has 3 heteroatoms. The standard InChI is InChI=1S/C11H19NS2/c1-2-8-13-10-7-12-6-5-11-4-3-9-14-11/h3-4,9,12H,2,5-8,10H2,1H3. The Morgan fingerprint density at radius 3 is 3.00 bits per heavy atom. The van der Waals surface area contributed by atoms with Crippen LogP contribution in [0, 0.1) is 0 Å². The first-order valence-corrected chi connectivity index (χ1v) is 7.27. The zero-order chi connectivity index (χ0) is 10.1. The summed E-state index contributed by atoms with van der Waals surface area (Å²) in [5.41, 5.74) is 0. The van der Waals surface area contributed by atoms with Crippen molar-refractivity contribution in [3.8, 4) is 0 Å². The highest BCUT2D eigenvalue weighted by Crippen LogP contribution is 2.08. The van der Waals surface area contributed by atoms with Crippen LogP contribution in [0.15, 0.2) is 17.5 Å². The molecule has 0 atom stereocenters. The van der Waals surface area contributed by atoms with E-state index in [1.165, 1.54) is 29.2 Å². The third-order valence-corrected chi connectivity index (χ3v) is 4.03. The van der Waals surface area contributed by atoms with Crippen LogP contribution < -0.4 is 5.32 Å². The van der Waals surface area contributed by atoms with Gasteiger partial charge in [-0.05, 0) is 36.6 Å². The summed E-state index contributed by atoms with van der Waals surface area (Å²) in [6.45, 7) is 4.50. The maximum Gasteiger partial charge on any atom is 0.00581 e. The van der Waals surface area contributed by atoms with Crippen LogP contribution in [0.4, 0.5) is 0 Å². The van der Waals surface area contributed by atoms with Crippen molar-refractivity contribution in [2.24, 2.45) is 0 Å². The largest absolute Gasteiger partial charge is 0.316 e. The van der Waals surface area contributed by atoms with Crippen LogP contribution in [-0.2, 0) is 6.42 Å². The average molecular weight is 229 g/mol. The Morgan fingerprint density at radius 2 is 2.29 bits per heavy atom. The Kier molecular flexibility index (Phi) is 7.19. The topological polar surface area (TPSA) is 12.0 Å². The lowest BCUT2D eigenvalue weighted by molar-refractivity contribution is 0.725. The van der Waals surface area contributed by atoms with E-state index in [2.05, 4.69) is 29.8 Å². The van der Waals surface area contributed by atoms with E-state index in [0.29, 0.717) is 0 Å². The van der Waals surface area contributed by atoms with Gasteiger partial charge in [0.05, 0.1) is 0 Å². The van der Waals surface area contributed by atoms with Crippen LogP contribution >= 0.6 is 23.1 Å². The maximum absolute atomic E-state index is 3.47. The van der Waals surface area contributed by atoms with Crippen LogP contribution in [-0.4, -0.2) is 24.6 Å². The first-order valence-electron chi connectivity index (χ1n) is 5.24. The van der Waals surface area contributed by atoms with Crippen LogP contribution in [0.1, 0.15) is 18.2 Å². The lowest BCUT2D eigenvalue weighted by atomic mass is 10.3. The molecular formula is C11H19NS2. The van der Waals surface area contributed by atoms with Gasteiger partial charge in [0.2, 0.25) is 0 Å². The SMILES string of the molecule is CCCSCCNCCc1cccs1. The number of rotatable bonds is 8. The molecule has 0 aliphatic carbocycles. The van der Waals surface area contributed by atoms with Crippen molar-refractivity contribution in [3.05, 3.63) is 22.4 Å². The lowest BCUT2D eigenvalue weighted by Crippen LogP contribution is -2.19. The Hall–Kier alpha value is 0.01000. The van der Waals surface area contributed by atoms with Crippen LogP contribution in [0.3, 0.4) is 0 Å². The summed E-state index contributed by atoms with van der Waals surface area (Å²) in [6.07, 6.45) is 2.47. The summed E-state index contributed by atoms with van der Waals surface area (Å²) in [4.78, 5) is 1.48. The van der Waals surface area contributed by atoms with E-state index in [4.69, 9.17) is 0 Å². The van der Waals surface area contributed by atoms with Crippen molar-refractivity contribution < 1.29 is 0 Å².